The molecule has 10 heteroatoms. The number of hydrogen-bond donors (Lipinski definition) is 0. The maximum absolute atomic E-state index is 5.75. The number of aromatic nitrogens is 5. The molecule has 1 aliphatic carbocycles. The lowest BCUT2D eigenvalue weighted by Gasteiger charge is -2.22. The van der Waals surface area contributed by atoms with Gasteiger partial charge in [-0.15, -0.1) is 0 Å². The molecule has 10 aromatic heterocycles. The van der Waals surface area contributed by atoms with E-state index in [1.165, 1.54) is 181 Å². The maximum atomic E-state index is 5.75. The summed E-state index contributed by atoms with van der Waals surface area (Å²) in [7, 11) is 0. The number of fused-ring (bicyclic) bond motifs is 25. The van der Waals surface area contributed by atoms with Crippen molar-refractivity contribution in [1.29, 1.82) is 0 Å². The molecule has 0 aliphatic heterocycles. The second kappa shape index (κ2) is 30.8. The lowest BCUT2D eigenvalue weighted by molar-refractivity contribution is 0.616. The molecular weight excluding hydrogens is 1630 g/mol. The van der Waals surface area contributed by atoms with E-state index in [-0.39, 0.29) is 5.41 Å². The predicted molar refractivity (Wildman–Crippen MR) is 551 cm³/mol. The van der Waals surface area contributed by atoms with Crippen molar-refractivity contribution in [2.24, 2.45) is 0 Å². The van der Waals surface area contributed by atoms with Gasteiger partial charge in [0.1, 0.15) is 27.9 Å². The Morgan fingerprint density at radius 2 is 0.496 bits per heavy atom. The Hall–Kier alpha value is -17.6. The highest BCUT2D eigenvalue weighted by molar-refractivity contribution is 6.18. The van der Waals surface area contributed by atoms with Crippen LogP contribution >= 0.6 is 0 Å². The van der Waals surface area contributed by atoms with Crippen LogP contribution in [-0.4, -0.2) is 22.8 Å². The summed E-state index contributed by atoms with van der Waals surface area (Å²) in [6, 6.07) is 151. The molecule has 0 N–H and O–H groups in total. The van der Waals surface area contributed by atoms with Crippen molar-refractivity contribution in [1.82, 2.24) is 22.8 Å². The Bertz CT molecular complexity index is 9660. The number of nitrogens with zero attached hydrogens (tertiary/aromatic N) is 5. The van der Waals surface area contributed by atoms with Crippen molar-refractivity contribution >= 4 is 185 Å². The average Bonchev–Trinajstić information content (AvgIpc) is 1.72. The smallest absolute Gasteiger partial charge is 0.135 e. The summed E-state index contributed by atoms with van der Waals surface area (Å²) < 4.78 is 40.1. The van der Waals surface area contributed by atoms with Crippen molar-refractivity contribution < 1.29 is 22.1 Å². The molecule has 10 heterocycles. The third-order valence-electron chi connectivity index (χ3n) is 27.3. The van der Waals surface area contributed by atoms with Gasteiger partial charge >= 0.3 is 0 Å². The van der Waals surface area contributed by atoms with E-state index in [2.05, 4.69) is 425 Å². The van der Waals surface area contributed by atoms with Gasteiger partial charge in [0, 0.05) is 145 Å². The first-order valence-corrected chi connectivity index (χ1v) is 45.2. The van der Waals surface area contributed by atoms with Gasteiger partial charge in [-0.25, -0.2) is 0 Å². The second-order valence-electron chi connectivity index (χ2n) is 35.1. The molecular formula is C123H81N5O5. The molecule has 0 saturated carbocycles. The Morgan fingerprint density at radius 1 is 0.173 bits per heavy atom. The van der Waals surface area contributed by atoms with Crippen LogP contribution in [0.25, 0.3) is 236 Å². The molecule has 0 amide bonds. The molecule has 0 fully saturated rings. The molecule has 133 heavy (non-hydrogen) atoms. The minimum Gasteiger partial charge on any atom is -0.464 e. The van der Waals surface area contributed by atoms with Crippen LogP contribution in [0.15, 0.2) is 478 Å². The number of rotatable bonds is 6. The summed E-state index contributed by atoms with van der Waals surface area (Å²) in [6.45, 7) is 4.67. The summed E-state index contributed by atoms with van der Waals surface area (Å²) in [5, 5.41) is 23.3. The quantitative estimate of drug-likeness (QED) is 0.165. The topological polar surface area (TPSA) is 90.4 Å². The lowest BCUT2D eigenvalue weighted by atomic mass is 9.82. The Morgan fingerprint density at radius 3 is 0.970 bits per heavy atom. The fourth-order valence-corrected chi connectivity index (χ4v) is 21.1. The van der Waals surface area contributed by atoms with Crippen molar-refractivity contribution in [3.63, 3.8) is 0 Å². The minimum atomic E-state index is -0.0189. The average molecular weight is 1710 g/mol. The van der Waals surface area contributed by atoms with E-state index in [1.807, 2.05) is 36.4 Å². The Kier molecular flexibility index (Phi) is 17.8. The summed E-state index contributed by atoms with van der Waals surface area (Å²) in [5.41, 5.74) is 30.3. The van der Waals surface area contributed by atoms with Gasteiger partial charge in [-0.3, -0.25) is 0 Å². The van der Waals surface area contributed by atoms with E-state index in [0.29, 0.717) is 0 Å². The van der Waals surface area contributed by atoms with E-state index in [0.717, 1.165) is 66.1 Å². The van der Waals surface area contributed by atoms with Crippen LogP contribution in [-0.2, 0) is 5.41 Å². The summed E-state index contributed by atoms with van der Waals surface area (Å²) in [5.74, 6) is 0. The SMILES string of the molecule is CC1(C)c2ccccc2-c2ccc(-n3c4ccccc4c4cc5ccoc5cc43)cc21.c1ccc(-c2cccc(-n3c4ccccc4c4cc5ccoc5cc43)c2)cc1.c1ccc(-n2c3ccccc3c3cc4ccoc4cc32)cc1.c1ccc2c(-n3c4ccccc4c4cc5ccoc5cc43)cccc2c1.c1ccc2cc(-n3c4ccccc4c4cc5ccoc5cc43)ccc2c1. The Balaban J connectivity index is 0.0000000872. The monoisotopic (exact) mass is 1710 g/mol. The summed E-state index contributed by atoms with van der Waals surface area (Å²) in [6.07, 6.45) is 8.79. The molecule has 29 aromatic rings. The zero-order valence-electron chi connectivity index (χ0n) is 72.6. The fourth-order valence-electron chi connectivity index (χ4n) is 21.1. The second-order valence-corrected chi connectivity index (χ2v) is 35.1. The third kappa shape index (κ3) is 12.6. The van der Waals surface area contributed by atoms with Gasteiger partial charge in [-0.1, -0.05) is 263 Å². The fraction of sp³-hybridized carbons (Fsp3) is 0.0244. The predicted octanol–water partition coefficient (Wildman–Crippen LogP) is 33.9. The van der Waals surface area contributed by atoms with Gasteiger partial charge in [0.2, 0.25) is 0 Å². The number of furan rings is 5. The van der Waals surface area contributed by atoms with Crippen molar-refractivity contribution in [3.8, 4) is 50.7 Å². The zero-order chi connectivity index (χ0) is 87.9. The highest BCUT2D eigenvalue weighted by Crippen LogP contribution is 2.51. The largest absolute Gasteiger partial charge is 0.464 e. The highest BCUT2D eigenvalue weighted by atomic mass is 16.3. The normalized spacial score (nSPS) is 12.3. The van der Waals surface area contributed by atoms with Crippen molar-refractivity contribution in [2.75, 3.05) is 0 Å². The van der Waals surface area contributed by atoms with Gasteiger partial charge < -0.3 is 44.9 Å². The van der Waals surface area contributed by atoms with Crippen LogP contribution in [0.5, 0.6) is 0 Å². The molecule has 30 rings (SSSR count). The molecule has 0 unspecified atom stereocenters. The molecule has 0 radical (unpaired) electrons. The molecule has 1 aliphatic rings. The van der Waals surface area contributed by atoms with Crippen molar-refractivity contribution in [2.45, 2.75) is 19.3 Å². The van der Waals surface area contributed by atoms with Gasteiger partial charge in [0.15, 0.2) is 0 Å². The van der Waals surface area contributed by atoms with Gasteiger partial charge in [-0.05, 0) is 195 Å². The van der Waals surface area contributed by atoms with Gasteiger partial charge in [0.05, 0.1) is 92.2 Å². The molecule has 0 spiro atoms. The number of benzene rings is 19. The first kappa shape index (κ1) is 76.6. The van der Waals surface area contributed by atoms with Gasteiger partial charge in [0.25, 0.3) is 0 Å². The number of para-hydroxylation sites is 6. The zero-order valence-corrected chi connectivity index (χ0v) is 72.6. The van der Waals surface area contributed by atoms with E-state index in [9.17, 15) is 0 Å². The van der Waals surface area contributed by atoms with E-state index in [1.54, 1.807) is 31.3 Å². The van der Waals surface area contributed by atoms with Crippen LogP contribution in [0.1, 0.15) is 25.0 Å². The molecule has 628 valence electrons. The molecule has 10 nitrogen and oxygen atoms in total. The van der Waals surface area contributed by atoms with E-state index in [4.69, 9.17) is 22.1 Å². The van der Waals surface area contributed by atoms with E-state index < -0.39 is 0 Å². The van der Waals surface area contributed by atoms with Crippen LogP contribution < -0.4 is 0 Å². The third-order valence-corrected chi connectivity index (χ3v) is 27.3. The van der Waals surface area contributed by atoms with Crippen LogP contribution in [0.2, 0.25) is 0 Å². The van der Waals surface area contributed by atoms with Crippen LogP contribution in [0.3, 0.4) is 0 Å². The lowest BCUT2D eigenvalue weighted by Crippen LogP contribution is -2.15. The first-order chi connectivity index (χ1) is 65.7. The number of hydrogen-bond acceptors (Lipinski definition) is 5. The molecule has 0 saturated heterocycles. The molecule has 0 bridgehead atoms. The molecule has 19 aromatic carbocycles. The summed E-state index contributed by atoms with van der Waals surface area (Å²) in [4.78, 5) is 0. The first-order valence-electron chi connectivity index (χ1n) is 45.2. The standard InChI is InChI=1S/C29H21NO.C26H17NO.2C24H15NO.C20H13NO/c1-29(2)24-9-5-3-7-20(24)21-12-11-19(16-25(21)29)30-26-10-6-4-8-22(26)23-15-18-13-14-31-28(18)17-27(23)30;1-2-7-18(8-3-1)19-9-6-10-21(15-19)27-24-12-5-4-11-22(24)23-16-20-13-14-28-26(20)17-25(23)27;1-2-8-18-16(6-1)7-5-11-21(18)25-22-10-4-3-9-19(22)20-14-17-12-13-26-24(17)15-23(20)25;1-2-6-17-13-19(10-9-16(17)5-1)25-22-8-4-3-7-20(22)21-14-18-11-12-26-24(18)15-23(21)25;1-2-6-15(7-3-1)21-18-9-5-4-8-16(18)17-12-14-10-11-22-20(14)13-19(17)21/h3-17H,1-2H3;1-17H;2*1-15H;1-13H. The highest BCUT2D eigenvalue weighted by Gasteiger charge is 2.36. The van der Waals surface area contributed by atoms with Crippen LogP contribution in [0, 0.1) is 0 Å². The Labute approximate surface area is 762 Å². The maximum Gasteiger partial charge on any atom is 0.135 e. The van der Waals surface area contributed by atoms with Crippen LogP contribution in [0.4, 0.5) is 0 Å². The van der Waals surface area contributed by atoms with E-state index >= 15 is 0 Å². The van der Waals surface area contributed by atoms with Gasteiger partial charge in [-0.2, -0.15) is 0 Å². The minimum absolute atomic E-state index is 0.0189. The molecule has 0 atom stereocenters. The summed E-state index contributed by atoms with van der Waals surface area (Å²) >= 11 is 0. The van der Waals surface area contributed by atoms with Crippen molar-refractivity contribution in [3.05, 3.63) is 467 Å².